The minimum absolute atomic E-state index is 0.132. The molecule has 0 aromatic heterocycles. The van der Waals surface area contributed by atoms with Gasteiger partial charge in [-0.3, -0.25) is 4.79 Å². The van der Waals surface area contributed by atoms with Gasteiger partial charge in [0.25, 0.3) is 0 Å². The van der Waals surface area contributed by atoms with Crippen LogP contribution in [0.4, 0.5) is 0 Å². The number of hydrogen-bond donors (Lipinski definition) is 2. The van der Waals surface area contributed by atoms with Crippen LogP contribution in [0.1, 0.15) is 18.9 Å². The molecular formula is C14H22N2O4S. The lowest BCUT2D eigenvalue weighted by Crippen LogP contribution is -2.27. The first-order chi connectivity index (χ1) is 9.99. The summed E-state index contributed by atoms with van der Waals surface area (Å²) in [6.45, 7) is 4.03. The molecule has 0 amide bonds. The van der Waals surface area contributed by atoms with Crippen LogP contribution in [0.3, 0.4) is 0 Å². The van der Waals surface area contributed by atoms with Gasteiger partial charge in [0.1, 0.15) is 0 Å². The third-order valence-corrected chi connectivity index (χ3v) is 4.36. The lowest BCUT2D eigenvalue weighted by atomic mass is 10.2. The van der Waals surface area contributed by atoms with Crippen molar-refractivity contribution in [1.29, 1.82) is 0 Å². The Morgan fingerprint density at radius 3 is 2.43 bits per heavy atom. The number of benzene rings is 1. The predicted octanol–water partition coefficient (Wildman–Crippen LogP) is 0.680. The summed E-state index contributed by atoms with van der Waals surface area (Å²) in [6, 6.07) is 6.21. The minimum atomic E-state index is -3.49. The number of methoxy groups -OCH3 is 1. The summed E-state index contributed by atoms with van der Waals surface area (Å²) in [5, 5.41) is 3.13. The molecule has 0 saturated carbocycles. The minimum Gasteiger partial charge on any atom is -0.469 e. The summed E-state index contributed by atoms with van der Waals surface area (Å²) in [6.07, 6.45) is 0.862. The normalized spacial score (nSPS) is 11.3. The monoisotopic (exact) mass is 314 g/mol. The number of carbonyl (C=O) groups excluding carboxylic acids is 1. The van der Waals surface area contributed by atoms with Crippen molar-refractivity contribution in [2.45, 2.75) is 24.7 Å². The number of carbonyl (C=O) groups is 1. The Labute approximate surface area is 125 Å². The molecule has 1 aromatic carbocycles. The number of nitrogens with one attached hydrogen (secondary N) is 2. The molecule has 0 radical (unpaired) electrons. The van der Waals surface area contributed by atoms with Crippen LogP contribution in [0.15, 0.2) is 29.2 Å². The van der Waals surface area contributed by atoms with Crippen LogP contribution in [0.5, 0.6) is 0 Å². The summed E-state index contributed by atoms with van der Waals surface area (Å²) in [4.78, 5) is 11.3. The zero-order chi connectivity index (χ0) is 15.7. The highest BCUT2D eigenvalue weighted by molar-refractivity contribution is 7.89. The van der Waals surface area contributed by atoms with Gasteiger partial charge < -0.3 is 10.1 Å². The third-order valence-electron chi connectivity index (χ3n) is 2.88. The Kier molecular flexibility index (Phi) is 7.35. The van der Waals surface area contributed by atoms with E-state index in [0.29, 0.717) is 12.1 Å². The highest BCUT2D eigenvalue weighted by Gasteiger charge is 2.13. The maximum absolute atomic E-state index is 12.0. The first kappa shape index (κ1) is 17.6. The van der Waals surface area contributed by atoms with E-state index in [1.807, 2.05) is 6.92 Å². The standard InChI is InChI=1S/C14H22N2O4S/c1-3-15-9-4-10-16-21(18,19)13-7-5-12(6-8-13)11-14(17)20-2/h5-8,15-16H,3-4,9-11H2,1-2H3. The lowest BCUT2D eigenvalue weighted by Gasteiger charge is -2.08. The Bertz CT molecular complexity index is 541. The molecule has 6 nitrogen and oxygen atoms in total. The zero-order valence-electron chi connectivity index (χ0n) is 12.4. The van der Waals surface area contributed by atoms with Crippen molar-refractivity contribution in [3.63, 3.8) is 0 Å². The van der Waals surface area contributed by atoms with Gasteiger partial charge in [0, 0.05) is 6.54 Å². The molecule has 0 heterocycles. The second-order valence-electron chi connectivity index (χ2n) is 4.50. The molecule has 0 atom stereocenters. The largest absolute Gasteiger partial charge is 0.469 e. The van der Waals surface area contributed by atoms with Crippen molar-refractivity contribution >= 4 is 16.0 Å². The molecule has 0 spiro atoms. The average Bonchev–Trinajstić information content (AvgIpc) is 2.47. The Morgan fingerprint density at radius 1 is 1.19 bits per heavy atom. The molecule has 0 unspecified atom stereocenters. The average molecular weight is 314 g/mol. The van der Waals surface area contributed by atoms with E-state index in [-0.39, 0.29) is 17.3 Å². The molecular weight excluding hydrogens is 292 g/mol. The molecule has 0 aliphatic carbocycles. The van der Waals surface area contributed by atoms with E-state index in [1.165, 1.54) is 19.2 Å². The van der Waals surface area contributed by atoms with Gasteiger partial charge in [0.2, 0.25) is 10.0 Å². The molecule has 0 bridgehead atoms. The molecule has 2 N–H and O–H groups in total. The van der Waals surface area contributed by atoms with Crippen LogP contribution in [-0.4, -0.2) is 41.1 Å². The van der Waals surface area contributed by atoms with Crippen LogP contribution in [0, 0.1) is 0 Å². The molecule has 21 heavy (non-hydrogen) atoms. The summed E-state index contributed by atoms with van der Waals surface area (Å²) in [5.74, 6) is -0.354. The van der Waals surface area contributed by atoms with E-state index >= 15 is 0 Å². The Morgan fingerprint density at radius 2 is 1.86 bits per heavy atom. The van der Waals surface area contributed by atoms with Gasteiger partial charge in [-0.25, -0.2) is 13.1 Å². The zero-order valence-corrected chi connectivity index (χ0v) is 13.2. The number of sulfonamides is 1. The van der Waals surface area contributed by atoms with Crippen LogP contribution in [-0.2, 0) is 26.0 Å². The van der Waals surface area contributed by atoms with Gasteiger partial charge >= 0.3 is 5.97 Å². The second-order valence-corrected chi connectivity index (χ2v) is 6.27. The Hall–Kier alpha value is -1.44. The van der Waals surface area contributed by atoms with Gasteiger partial charge in [0.15, 0.2) is 0 Å². The predicted molar refractivity (Wildman–Crippen MR) is 80.5 cm³/mol. The van der Waals surface area contributed by atoms with Crippen LogP contribution < -0.4 is 10.0 Å². The highest BCUT2D eigenvalue weighted by Crippen LogP contribution is 2.11. The quantitative estimate of drug-likeness (QED) is 0.517. The van der Waals surface area contributed by atoms with Crippen molar-refractivity contribution in [1.82, 2.24) is 10.0 Å². The number of rotatable bonds is 9. The second kappa shape index (κ2) is 8.76. The van der Waals surface area contributed by atoms with E-state index in [2.05, 4.69) is 14.8 Å². The SMILES string of the molecule is CCNCCCNS(=O)(=O)c1ccc(CC(=O)OC)cc1. The maximum Gasteiger partial charge on any atom is 0.309 e. The van der Waals surface area contributed by atoms with Crippen molar-refractivity contribution in [3.05, 3.63) is 29.8 Å². The van der Waals surface area contributed by atoms with Gasteiger partial charge in [-0.05, 0) is 37.2 Å². The lowest BCUT2D eigenvalue weighted by molar-refractivity contribution is -0.139. The van der Waals surface area contributed by atoms with E-state index in [9.17, 15) is 13.2 Å². The van der Waals surface area contributed by atoms with Crippen LogP contribution >= 0.6 is 0 Å². The fourth-order valence-corrected chi connectivity index (χ4v) is 2.78. The smallest absolute Gasteiger partial charge is 0.309 e. The molecule has 7 heteroatoms. The molecule has 1 aromatic rings. The van der Waals surface area contributed by atoms with Crippen molar-refractivity contribution in [2.75, 3.05) is 26.7 Å². The molecule has 1 rings (SSSR count). The summed E-state index contributed by atoms with van der Waals surface area (Å²) in [7, 11) is -2.17. The molecule has 0 fully saturated rings. The number of esters is 1. The third kappa shape index (κ3) is 6.24. The van der Waals surface area contributed by atoms with Crippen molar-refractivity contribution < 1.29 is 17.9 Å². The van der Waals surface area contributed by atoms with Crippen LogP contribution in [0.25, 0.3) is 0 Å². The topological polar surface area (TPSA) is 84.5 Å². The van der Waals surface area contributed by atoms with E-state index in [4.69, 9.17) is 0 Å². The molecule has 118 valence electrons. The molecule has 0 aliphatic rings. The fourth-order valence-electron chi connectivity index (χ4n) is 1.71. The van der Waals surface area contributed by atoms with Crippen LogP contribution in [0.2, 0.25) is 0 Å². The number of hydrogen-bond acceptors (Lipinski definition) is 5. The van der Waals surface area contributed by atoms with E-state index < -0.39 is 10.0 Å². The van der Waals surface area contributed by atoms with Gasteiger partial charge in [-0.2, -0.15) is 0 Å². The van der Waals surface area contributed by atoms with Gasteiger partial charge in [-0.1, -0.05) is 19.1 Å². The fraction of sp³-hybridized carbons (Fsp3) is 0.500. The first-order valence-corrected chi connectivity index (χ1v) is 8.34. The van der Waals surface area contributed by atoms with Crippen molar-refractivity contribution in [3.8, 4) is 0 Å². The van der Waals surface area contributed by atoms with Crippen molar-refractivity contribution in [2.24, 2.45) is 0 Å². The first-order valence-electron chi connectivity index (χ1n) is 6.85. The molecule has 0 saturated heterocycles. The summed E-state index contributed by atoms with van der Waals surface area (Å²) < 4.78 is 31.2. The highest BCUT2D eigenvalue weighted by atomic mass is 32.2. The summed E-state index contributed by atoms with van der Waals surface area (Å²) >= 11 is 0. The van der Waals surface area contributed by atoms with E-state index in [1.54, 1.807) is 12.1 Å². The van der Waals surface area contributed by atoms with Gasteiger partial charge in [-0.15, -0.1) is 0 Å². The Balaban J connectivity index is 2.56. The maximum atomic E-state index is 12.0. The number of ether oxygens (including phenoxy) is 1. The molecule has 0 aliphatic heterocycles. The summed E-state index contributed by atoms with van der Waals surface area (Å²) in [5.41, 5.74) is 0.716. The van der Waals surface area contributed by atoms with Gasteiger partial charge in [0.05, 0.1) is 18.4 Å². The van der Waals surface area contributed by atoms with E-state index in [0.717, 1.165) is 19.5 Å².